The number of hydrogen-bond acceptors (Lipinski definition) is 5. The standard InChI is InChI=1S/C10H24NOS.CHF3O3S/c1-6-7-8-9-12-13(5)11-10(2,3)4;2-1(3,4)8(5,6)7/h11H,6-9H2,1-5H3;(H,5,6,7)/q+1;/p-1. The molecule has 1 unspecified atom stereocenters. The fourth-order valence-electron chi connectivity index (χ4n) is 0.997. The molecule has 1 N–H and O–H groups in total. The van der Waals surface area contributed by atoms with Gasteiger partial charge in [-0.15, -0.1) is 4.72 Å². The highest BCUT2D eigenvalue weighted by Crippen LogP contribution is 2.20. The molecule has 0 amide bonds. The summed E-state index contributed by atoms with van der Waals surface area (Å²) >= 11 is -0.0930. The molecule has 0 aliphatic carbocycles. The molecule has 21 heavy (non-hydrogen) atoms. The highest BCUT2D eigenvalue weighted by Gasteiger charge is 2.36. The molecule has 0 aliphatic rings. The van der Waals surface area contributed by atoms with Gasteiger partial charge >= 0.3 is 5.51 Å². The lowest BCUT2D eigenvalue weighted by Gasteiger charge is -2.16. The summed E-state index contributed by atoms with van der Waals surface area (Å²) in [6.07, 6.45) is 5.80. The lowest BCUT2D eigenvalue weighted by Crippen LogP contribution is -2.41. The van der Waals surface area contributed by atoms with E-state index in [9.17, 15) is 13.2 Å². The third-order valence-electron chi connectivity index (χ3n) is 1.74. The van der Waals surface area contributed by atoms with Crippen LogP contribution in [0.4, 0.5) is 13.2 Å². The summed E-state index contributed by atoms with van der Waals surface area (Å²) < 4.78 is 67.9. The van der Waals surface area contributed by atoms with Crippen molar-refractivity contribution in [3.05, 3.63) is 0 Å². The van der Waals surface area contributed by atoms with Gasteiger partial charge in [0.25, 0.3) is 0 Å². The van der Waals surface area contributed by atoms with Crippen LogP contribution in [0.1, 0.15) is 47.0 Å². The van der Waals surface area contributed by atoms with Gasteiger partial charge < -0.3 is 4.55 Å². The van der Waals surface area contributed by atoms with E-state index in [1.165, 1.54) is 19.3 Å². The van der Waals surface area contributed by atoms with Crippen molar-refractivity contribution in [1.29, 1.82) is 0 Å². The molecule has 0 aromatic rings. The molecule has 0 aliphatic heterocycles. The number of nitrogens with one attached hydrogen (secondary N) is 1. The van der Waals surface area contributed by atoms with E-state index in [0.717, 1.165) is 6.61 Å². The van der Waals surface area contributed by atoms with Crippen molar-refractivity contribution in [2.45, 2.75) is 58.0 Å². The second kappa shape index (κ2) is 9.88. The molecule has 0 spiro atoms. The van der Waals surface area contributed by atoms with Crippen LogP contribution in [0.25, 0.3) is 0 Å². The van der Waals surface area contributed by atoms with Crippen molar-refractivity contribution in [1.82, 2.24) is 4.72 Å². The zero-order chi connectivity index (χ0) is 17.3. The molecule has 0 saturated heterocycles. The summed E-state index contributed by atoms with van der Waals surface area (Å²) in [5.41, 5.74) is -5.49. The van der Waals surface area contributed by atoms with Gasteiger partial charge in [0.05, 0.1) is 5.54 Å². The van der Waals surface area contributed by atoms with Crippen LogP contribution >= 0.6 is 0 Å². The Morgan fingerprint density at radius 1 is 1.19 bits per heavy atom. The Morgan fingerprint density at radius 2 is 1.62 bits per heavy atom. The maximum Gasteiger partial charge on any atom is 0.485 e. The van der Waals surface area contributed by atoms with E-state index in [1.54, 1.807) is 0 Å². The van der Waals surface area contributed by atoms with Gasteiger partial charge in [0.2, 0.25) is 11.4 Å². The summed E-state index contributed by atoms with van der Waals surface area (Å²) in [7, 11) is -6.09. The smallest absolute Gasteiger partial charge is 0.485 e. The molecule has 0 fully saturated rings. The van der Waals surface area contributed by atoms with Crippen LogP contribution in [0.5, 0.6) is 0 Å². The predicted molar refractivity (Wildman–Crippen MR) is 77.4 cm³/mol. The van der Waals surface area contributed by atoms with Gasteiger partial charge in [0.15, 0.2) is 16.4 Å². The average Bonchev–Trinajstić information content (AvgIpc) is 2.20. The quantitative estimate of drug-likeness (QED) is 0.343. The van der Waals surface area contributed by atoms with E-state index in [1.807, 2.05) is 0 Å². The zero-order valence-corrected chi connectivity index (χ0v) is 14.5. The SMILES string of the molecule is CCCCCO[S+](C)NC(C)(C)C.O=S(=O)([O-])C(F)(F)F. The van der Waals surface area contributed by atoms with Crippen LogP contribution in [0.2, 0.25) is 0 Å². The summed E-state index contributed by atoms with van der Waals surface area (Å²) in [5.74, 6) is 0. The first-order valence-corrected chi connectivity index (χ1v) is 9.26. The minimum atomic E-state index is -6.09. The topological polar surface area (TPSA) is 78.5 Å². The van der Waals surface area contributed by atoms with Gasteiger partial charge in [-0.05, 0) is 27.2 Å². The molecule has 5 nitrogen and oxygen atoms in total. The molecule has 0 rings (SSSR count). The molecule has 0 saturated carbocycles. The van der Waals surface area contributed by atoms with Gasteiger partial charge in [0.1, 0.15) is 6.61 Å². The molecule has 10 heteroatoms. The van der Waals surface area contributed by atoms with Crippen molar-refractivity contribution >= 4 is 21.5 Å². The number of hydrogen-bond donors (Lipinski definition) is 1. The van der Waals surface area contributed by atoms with Gasteiger partial charge in [-0.1, -0.05) is 19.8 Å². The normalized spacial score (nSPS) is 14.3. The van der Waals surface area contributed by atoms with E-state index in [0.29, 0.717) is 0 Å². The lowest BCUT2D eigenvalue weighted by molar-refractivity contribution is -0.0517. The summed E-state index contributed by atoms with van der Waals surface area (Å²) in [6.45, 7) is 9.57. The van der Waals surface area contributed by atoms with Gasteiger partial charge in [-0.25, -0.2) is 8.42 Å². The van der Waals surface area contributed by atoms with Crippen LogP contribution in [-0.4, -0.2) is 36.9 Å². The van der Waals surface area contributed by atoms with E-state index in [2.05, 4.69) is 38.7 Å². The molecule has 130 valence electrons. The maximum atomic E-state index is 10.7. The van der Waals surface area contributed by atoms with Crippen LogP contribution in [0.3, 0.4) is 0 Å². The first-order chi connectivity index (χ1) is 9.20. The average molecular weight is 355 g/mol. The first-order valence-electron chi connectivity index (χ1n) is 6.30. The Labute approximate surface area is 128 Å². The fraction of sp³-hybridized carbons (Fsp3) is 1.00. The van der Waals surface area contributed by atoms with Gasteiger partial charge in [-0.3, -0.25) is 0 Å². The third kappa shape index (κ3) is 16.2. The molecular weight excluding hydrogens is 331 g/mol. The number of unbranched alkanes of at least 4 members (excludes halogenated alkanes) is 2. The minimum absolute atomic E-state index is 0.0930. The Bertz CT molecular complexity index is 367. The molecule has 1 atom stereocenters. The predicted octanol–water partition coefficient (Wildman–Crippen LogP) is 2.71. The lowest BCUT2D eigenvalue weighted by atomic mass is 10.1. The first kappa shape index (κ1) is 23.2. The second-order valence-electron chi connectivity index (χ2n) is 5.24. The van der Waals surface area contributed by atoms with Crippen molar-refractivity contribution in [3.63, 3.8) is 0 Å². The molecule has 0 bridgehead atoms. The number of halogens is 3. The molecule has 0 heterocycles. The van der Waals surface area contributed by atoms with E-state index >= 15 is 0 Å². The van der Waals surface area contributed by atoms with Crippen molar-refractivity contribution in [2.24, 2.45) is 0 Å². The maximum absolute atomic E-state index is 10.7. The number of alkyl halides is 3. The van der Waals surface area contributed by atoms with E-state index in [-0.39, 0.29) is 16.9 Å². The second-order valence-corrected chi connectivity index (χ2v) is 7.95. The molecule has 0 aromatic carbocycles. The summed E-state index contributed by atoms with van der Waals surface area (Å²) in [6, 6.07) is 0. The largest absolute Gasteiger partial charge is 0.741 e. The third-order valence-corrected chi connectivity index (χ3v) is 3.73. The summed E-state index contributed by atoms with van der Waals surface area (Å²) in [4.78, 5) is 0. The van der Waals surface area contributed by atoms with Crippen LogP contribution in [0.15, 0.2) is 0 Å². The van der Waals surface area contributed by atoms with Crippen molar-refractivity contribution < 1.29 is 30.3 Å². The Hall–Kier alpha value is -0.0300. The molecular formula is C11H24F3NO4S2. The van der Waals surface area contributed by atoms with E-state index < -0.39 is 15.6 Å². The molecule has 0 radical (unpaired) electrons. The fourth-order valence-corrected chi connectivity index (χ4v) is 2.29. The van der Waals surface area contributed by atoms with Gasteiger partial charge in [-0.2, -0.15) is 17.4 Å². The van der Waals surface area contributed by atoms with Crippen LogP contribution in [-0.2, 0) is 25.7 Å². The Balaban J connectivity index is 0. The van der Waals surface area contributed by atoms with Crippen molar-refractivity contribution in [3.8, 4) is 0 Å². The Morgan fingerprint density at radius 3 is 1.90 bits per heavy atom. The van der Waals surface area contributed by atoms with Crippen LogP contribution < -0.4 is 4.72 Å². The minimum Gasteiger partial charge on any atom is -0.741 e. The summed E-state index contributed by atoms with van der Waals surface area (Å²) in [5, 5.41) is 0. The zero-order valence-electron chi connectivity index (χ0n) is 12.9. The Kier molecular flexibility index (Phi) is 10.9. The highest BCUT2D eigenvalue weighted by atomic mass is 32.2. The van der Waals surface area contributed by atoms with E-state index in [4.69, 9.17) is 17.2 Å². The van der Waals surface area contributed by atoms with Crippen LogP contribution in [0, 0.1) is 0 Å². The number of rotatable bonds is 6. The molecule has 0 aromatic heterocycles. The monoisotopic (exact) mass is 355 g/mol. The van der Waals surface area contributed by atoms with Gasteiger partial charge in [0, 0.05) is 0 Å². The highest BCUT2D eigenvalue weighted by molar-refractivity contribution is 7.89. The van der Waals surface area contributed by atoms with Crippen molar-refractivity contribution in [2.75, 3.05) is 12.9 Å².